The molecule has 2 aliphatic rings. The number of halogens is 1. The summed E-state index contributed by atoms with van der Waals surface area (Å²) in [5.74, 6) is 0.162. The van der Waals surface area contributed by atoms with Crippen molar-refractivity contribution in [2.24, 2.45) is 5.92 Å². The Bertz CT molecular complexity index is 1120. The quantitative estimate of drug-likeness (QED) is 0.611. The van der Waals surface area contributed by atoms with Crippen LogP contribution < -0.4 is 0 Å². The molecule has 2 aromatic heterocycles. The molecule has 0 spiro atoms. The van der Waals surface area contributed by atoms with Crippen LogP contribution in [0, 0.1) is 11.7 Å². The Hall–Kier alpha value is -3.42. The topological polar surface area (TPSA) is 63.4 Å². The average Bonchev–Trinajstić information content (AvgIpc) is 3.54. The predicted octanol–water partition coefficient (Wildman–Crippen LogP) is 3.67. The highest BCUT2D eigenvalue weighted by molar-refractivity contribution is 5.97. The Morgan fingerprint density at radius 3 is 2.33 bits per heavy atom. The summed E-state index contributed by atoms with van der Waals surface area (Å²) in [5, 5.41) is 4.47. The minimum atomic E-state index is -0.331. The van der Waals surface area contributed by atoms with Crippen LogP contribution in [0.3, 0.4) is 0 Å². The summed E-state index contributed by atoms with van der Waals surface area (Å²) in [6, 6.07) is 9.78. The molecule has 2 fully saturated rings. The van der Waals surface area contributed by atoms with Crippen molar-refractivity contribution in [2.75, 3.05) is 26.2 Å². The van der Waals surface area contributed by atoms with Gasteiger partial charge in [-0.2, -0.15) is 5.10 Å². The number of hydrogen-bond acceptors (Lipinski definition) is 3. The van der Waals surface area contributed by atoms with Crippen molar-refractivity contribution < 1.29 is 14.0 Å². The molecule has 0 radical (unpaired) electrons. The SMILES string of the molecule is O=C(c1cnn(-c2ccc(F)cc2)c1-n1cccc1)N1CCC[C@H](C(=O)N2CCCCC2)C1. The maximum atomic E-state index is 13.6. The molecule has 33 heavy (non-hydrogen) atoms. The van der Waals surface area contributed by atoms with Gasteiger partial charge in [-0.3, -0.25) is 9.59 Å². The fraction of sp³-hybridized carbons (Fsp3) is 0.400. The van der Waals surface area contributed by atoms with E-state index in [2.05, 4.69) is 5.10 Å². The van der Waals surface area contributed by atoms with Gasteiger partial charge in [0.15, 0.2) is 5.82 Å². The van der Waals surface area contributed by atoms with Gasteiger partial charge in [0.2, 0.25) is 5.91 Å². The second-order valence-corrected chi connectivity index (χ2v) is 8.84. The first-order valence-electron chi connectivity index (χ1n) is 11.7. The molecule has 2 aliphatic heterocycles. The van der Waals surface area contributed by atoms with Gasteiger partial charge >= 0.3 is 0 Å². The zero-order chi connectivity index (χ0) is 22.8. The van der Waals surface area contributed by atoms with E-state index in [4.69, 9.17) is 0 Å². The van der Waals surface area contributed by atoms with E-state index in [0.717, 1.165) is 38.8 Å². The molecule has 1 atom stereocenters. The maximum Gasteiger partial charge on any atom is 0.259 e. The van der Waals surface area contributed by atoms with Crippen molar-refractivity contribution in [2.45, 2.75) is 32.1 Å². The Balaban J connectivity index is 1.42. The van der Waals surface area contributed by atoms with Gasteiger partial charge in [0.05, 0.1) is 17.8 Å². The highest BCUT2D eigenvalue weighted by Crippen LogP contribution is 2.26. The van der Waals surface area contributed by atoms with Gasteiger partial charge in [-0.1, -0.05) is 0 Å². The number of hydrogen-bond donors (Lipinski definition) is 0. The monoisotopic (exact) mass is 449 g/mol. The molecule has 5 rings (SSSR count). The zero-order valence-corrected chi connectivity index (χ0v) is 18.6. The number of carbonyl (C=O) groups excluding carboxylic acids is 2. The Morgan fingerprint density at radius 1 is 0.909 bits per heavy atom. The number of amides is 2. The Morgan fingerprint density at radius 2 is 1.61 bits per heavy atom. The molecule has 8 heteroatoms. The predicted molar refractivity (Wildman–Crippen MR) is 122 cm³/mol. The molecule has 0 N–H and O–H groups in total. The summed E-state index contributed by atoms with van der Waals surface area (Å²) in [7, 11) is 0. The number of piperidine rings is 2. The highest BCUT2D eigenvalue weighted by Gasteiger charge is 2.33. The van der Waals surface area contributed by atoms with Crippen LogP contribution in [0.5, 0.6) is 0 Å². The van der Waals surface area contributed by atoms with Crippen LogP contribution in [0.1, 0.15) is 42.5 Å². The number of carbonyl (C=O) groups is 2. The molecule has 2 saturated heterocycles. The average molecular weight is 450 g/mol. The smallest absolute Gasteiger partial charge is 0.259 e. The summed E-state index contributed by atoms with van der Waals surface area (Å²) in [6.45, 7) is 2.70. The number of nitrogens with zero attached hydrogens (tertiary/aromatic N) is 5. The lowest BCUT2D eigenvalue weighted by molar-refractivity contribution is -0.137. The van der Waals surface area contributed by atoms with E-state index in [1.165, 1.54) is 18.6 Å². The lowest BCUT2D eigenvalue weighted by Crippen LogP contribution is -2.48. The minimum absolute atomic E-state index is 0.136. The molecule has 0 aliphatic carbocycles. The number of likely N-dealkylation sites (tertiary alicyclic amines) is 2. The number of benzene rings is 1. The van der Waals surface area contributed by atoms with Gasteiger partial charge in [0.25, 0.3) is 5.91 Å². The van der Waals surface area contributed by atoms with Crippen molar-refractivity contribution >= 4 is 11.8 Å². The van der Waals surface area contributed by atoms with Crippen LogP contribution in [-0.2, 0) is 4.79 Å². The third kappa shape index (κ3) is 4.29. The van der Waals surface area contributed by atoms with Crippen molar-refractivity contribution in [3.63, 3.8) is 0 Å². The van der Waals surface area contributed by atoms with Crippen LogP contribution in [0.25, 0.3) is 11.5 Å². The summed E-state index contributed by atoms with van der Waals surface area (Å²) < 4.78 is 16.9. The lowest BCUT2D eigenvalue weighted by Gasteiger charge is -2.36. The molecular formula is C25H28FN5O2. The molecule has 0 bridgehead atoms. The molecule has 0 unspecified atom stereocenters. The summed E-state index contributed by atoms with van der Waals surface area (Å²) in [5.41, 5.74) is 1.12. The van der Waals surface area contributed by atoms with Gasteiger partial charge in [0.1, 0.15) is 11.4 Å². The van der Waals surface area contributed by atoms with E-state index in [1.807, 2.05) is 34.0 Å². The third-order valence-electron chi connectivity index (χ3n) is 6.62. The molecule has 3 aromatic rings. The summed E-state index contributed by atoms with van der Waals surface area (Å²) in [4.78, 5) is 30.5. The van der Waals surface area contributed by atoms with Crippen LogP contribution in [0.2, 0.25) is 0 Å². The number of rotatable bonds is 4. The Kier molecular flexibility index (Phi) is 5.98. The van der Waals surface area contributed by atoms with Crippen LogP contribution >= 0.6 is 0 Å². The van der Waals surface area contributed by atoms with Crippen LogP contribution in [0.4, 0.5) is 4.39 Å². The largest absolute Gasteiger partial charge is 0.342 e. The van der Waals surface area contributed by atoms with E-state index < -0.39 is 0 Å². The first-order chi connectivity index (χ1) is 16.1. The van der Waals surface area contributed by atoms with E-state index in [0.29, 0.717) is 30.2 Å². The third-order valence-corrected chi connectivity index (χ3v) is 6.62. The first kappa shape index (κ1) is 21.4. The van der Waals surface area contributed by atoms with Gasteiger partial charge in [-0.05, 0) is 68.5 Å². The fourth-order valence-corrected chi connectivity index (χ4v) is 4.89. The van der Waals surface area contributed by atoms with E-state index in [1.54, 1.807) is 27.9 Å². The number of aromatic nitrogens is 3. The minimum Gasteiger partial charge on any atom is -0.342 e. The van der Waals surface area contributed by atoms with Gasteiger partial charge in [-0.25, -0.2) is 9.07 Å². The lowest BCUT2D eigenvalue weighted by atomic mass is 9.95. The van der Waals surface area contributed by atoms with Gasteiger partial charge in [-0.15, -0.1) is 0 Å². The van der Waals surface area contributed by atoms with Crippen LogP contribution in [0.15, 0.2) is 55.0 Å². The van der Waals surface area contributed by atoms with Crippen molar-refractivity contribution in [1.29, 1.82) is 0 Å². The van der Waals surface area contributed by atoms with Crippen molar-refractivity contribution in [3.05, 3.63) is 66.4 Å². The second kappa shape index (κ2) is 9.21. The highest BCUT2D eigenvalue weighted by atomic mass is 19.1. The van der Waals surface area contributed by atoms with E-state index >= 15 is 0 Å². The molecule has 172 valence electrons. The maximum absolute atomic E-state index is 13.6. The molecule has 2 amide bonds. The van der Waals surface area contributed by atoms with Crippen molar-refractivity contribution in [3.8, 4) is 11.5 Å². The Labute approximate surface area is 192 Å². The zero-order valence-electron chi connectivity index (χ0n) is 18.6. The standard InChI is InChI=1S/C25H28FN5O2/c26-20-8-10-21(11-9-20)31-23(28-12-4-5-13-28)22(17-27-31)25(33)30-16-6-7-19(18-30)24(32)29-14-2-1-3-15-29/h4-5,8-13,17,19H,1-3,6-7,14-16,18H2/t19-/m0/s1. The first-order valence-corrected chi connectivity index (χ1v) is 11.7. The van der Waals surface area contributed by atoms with Crippen molar-refractivity contribution in [1.82, 2.24) is 24.1 Å². The molecular weight excluding hydrogens is 421 g/mol. The van der Waals surface area contributed by atoms with E-state index in [-0.39, 0.29) is 23.5 Å². The molecule has 1 aromatic carbocycles. The van der Waals surface area contributed by atoms with Gasteiger partial charge < -0.3 is 14.4 Å². The fourth-order valence-electron chi connectivity index (χ4n) is 4.89. The van der Waals surface area contributed by atoms with Crippen LogP contribution in [-0.4, -0.2) is 62.1 Å². The summed E-state index contributed by atoms with van der Waals surface area (Å²) in [6.07, 6.45) is 10.2. The van der Waals surface area contributed by atoms with Gasteiger partial charge in [0, 0.05) is 38.6 Å². The normalized spacial score (nSPS) is 19.0. The van der Waals surface area contributed by atoms with E-state index in [9.17, 15) is 14.0 Å². The summed E-state index contributed by atoms with van der Waals surface area (Å²) >= 11 is 0. The molecule has 4 heterocycles. The second-order valence-electron chi connectivity index (χ2n) is 8.84. The molecule has 0 saturated carbocycles. The molecule has 7 nitrogen and oxygen atoms in total.